The van der Waals surface area contributed by atoms with Crippen molar-refractivity contribution < 1.29 is 4.79 Å². The van der Waals surface area contributed by atoms with Gasteiger partial charge in [0.25, 0.3) is 11.5 Å². The molecule has 0 spiro atoms. The van der Waals surface area contributed by atoms with Crippen molar-refractivity contribution in [2.24, 2.45) is 7.05 Å². The van der Waals surface area contributed by atoms with Gasteiger partial charge in [-0.1, -0.05) is 12.1 Å². The number of nitrogens with one attached hydrogen (secondary N) is 2. The van der Waals surface area contributed by atoms with Crippen molar-refractivity contribution in [2.45, 2.75) is 26.2 Å². The van der Waals surface area contributed by atoms with Crippen LogP contribution in [-0.2, 0) is 13.5 Å². The van der Waals surface area contributed by atoms with E-state index in [2.05, 4.69) is 26.4 Å². The first kappa shape index (κ1) is 18.4. The van der Waals surface area contributed by atoms with Crippen LogP contribution in [0.2, 0.25) is 0 Å². The Morgan fingerprint density at radius 2 is 2.04 bits per heavy atom. The minimum atomic E-state index is -0.311. The van der Waals surface area contributed by atoms with Crippen LogP contribution in [0.25, 0.3) is 11.0 Å². The van der Waals surface area contributed by atoms with E-state index in [4.69, 9.17) is 0 Å². The summed E-state index contributed by atoms with van der Waals surface area (Å²) >= 11 is 0. The monoisotopic (exact) mass is 379 g/mol. The molecule has 0 aliphatic carbocycles. The minimum absolute atomic E-state index is 0.302. The highest BCUT2D eigenvalue weighted by molar-refractivity contribution is 6.11. The van der Waals surface area contributed by atoms with Crippen molar-refractivity contribution in [2.75, 3.05) is 25.0 Å². The molecule has 146 valence electrons. The number of H-pyrrole nitrogens is 1. The molecule has 1 saturated heterocycles. The standard InChI is InChI=1S/C21H25N5O2/c1-14-12-17(18-19(22-14)25(2)24-21(18)28)20(27)23-16-7-5-6-15(13-16)8-11-26-9-3-4-10-26/h5-7,12-13H,3-4,8-11H2,1-2H3,(H,23,27)(H,24,28). The number of rotatable bonds is 5. The molecule has 7 heteroatoms. The van der Waals surface area contributed by atoms with Crippen LogP contribution in [-0.4, -0.2) is 45.2 Å². The molecule has 3 heterocycles. The first-order valence-electron chi connectivity index (χ1n) is 9.70. The minimum Gasteiger partial charge on any atom is -0.322 e. The van der Waals surface area contributed by atoms with E-state index < -0.39 is 0 Å². The summed E-state index contributed by atoms with van der Waals surface area (Å²) in [5.74, 6) is -0.302. The zero-order valence-corrected chi connectivity index (χ0v) is 16.3. The molecule has 1 fully saturated rings. The molecule has 0 bridgehead atoms. The van der Waals surface area contributed by atoms with E-state index in [0.29, 0.717) is 22.3 Å². The summed E-state index contributed by atoms with van der Waals surface area (Å²) in [5, 5.41) is 5.92. The highest BCUT2D eigenvalue weighted by Gasteiger charge is 2.18. The van der Waals surface area contributed by atoms with E-state index in [0.717, 1.165) is 18.7 Å². The Balaban J connectivity index is 1.55. The van der Waals surface area contributed by atoms with Gasteiger partial charge in [0.2, 0.25) is 0 Å². The van der Waals surface area contributed by atoms with E-state index in [9.17, 15) is 9.59 Å². The molecule has 0 saturated carbocycles. The number of anilines is 1. The van der Waals surface area contributed by atoms with Crippen LogP contribution in [0.3, 0.4) is 0 Å². The summed E-state index contributed by atoms with van der Waals surface area (Å²) in [7, 11) is 1.71. The molecule has 0 unspecified atom stereocenters. The number of aromatic amines is 1. The lowest BCUT2D eigenvalue weighted by Gasteiger charge is -2.14. The summed E-state index contributed by atoms with van der Waals surface area (Å²) in [5.41, 5.74) is 3.12. The molecule has 1 aliphatic rings. The molecule has 1 amide bonds. The summed E-state index contributed by atoms with van der Waals surface area (Å²) in [6, 6.07) is 9.58. The van der Waals surface area contributed by atoms with Crippen molar-refractivity contribution in [3.8, 4) is 0 Å². The third-order valence-corrected chi connectivity index (χ3v) is 5.29. The van der Waals surface area contributed by atoms with Gasteiger partial charge in [-0.15, -0.1) is 0 Å². The number of likely N-dealkylation sites (tertiary alicyclic amines) is 1. The molecule has 28 heavy (non-hydrogen) atoms. The van der Waals surface area contributed by atoms with E-state index in [-0.39, 0.29) is 11.5 Å². The van der Waals surface area contributed by atoms with Crippen LogP contribution < -0.4 is 10.9 Å². The highest BCUT2D eigenvalue weighted by Crippen LogP contribution is 2.18. The number of aromatic nitrogens is 3. The number of benzene rings is 1. The summed E-state index contributed by atoms with van der Waals surface area (Å²) in [6.45, 7) is 5.21. The van der Waals surface area contributed by atoms with E-state index in [1.165, 1.54) is 31.5 Å². The molecular formula is C21H25N5O2. The Labute approximate surface area is 163 Å². The number of amides is 1. The second-order valence-corrected chi connectivity index (χ2v) is 7.46. The fraction of sp³-hybridized carbons (Fsp3) is 0.381. The molecule has 3 aromatic rings. The average molecular weight is 379 g/mol. The van der Waals surface area contributed by atoms with E-state index in [1.807, 2.05) is 25.1 Å². The van der Waals surface area contributed by atoms with Crippen molar-refractivity contribution in [1.82, 2.24) is 19.7 Å². The number of hydrogen-bond acceptors (Lipinski definition) is 4. The number of aryl methyl sites for hydroxylation is 2. The summed E-state index contributed by atoms with van der Waals surface area (Å²) < 4.78 is 1.54. The predicted molar refractivity (Wildman–Crippen MR) is 110 cm³/mol. The van der Waals surface area contributed by atoms with Gasteiger partial charge in [0, 0.05) is 25.0 Å². The maximum Gasteiger partial charge on any atom is 0.274 e. The van der Waals surface area contributed by atoms with Gasteiger partial charge in [-0.25, -0.2) is 4.98 Å². The zero-order valence-electron chi connectivity index (χ0n) is 16.3. The van der Waals surface area contributed by atoms with Crippen LogP contribution in [0.1, 0.15) is 34.5 Å². The largest absolute Gasteiger partial charge is 0.322 e. The molecule has 0 atom stereocenters. The Morgan fingerprint density at radius 3 is 2.82 bits per heavy atom. The molecular weight excluding hydrogens is 354 g/mol. The Bertz CT molecular complexity index is 1080. The Morgan fingerprint density at radius 1 is 1.25 bits per heavy atom. The van der Waals surface area contributed by atoms with Crippen molar-refractivity contribution in [1.29, 1.82) is 0 Å². The van der Waals surface area contributed by atoms with Gasteiger partial charge in [-0.2, -0.15) is 0 Å². The maximum atomic E-state index is 12.9. The van der Waals surface area contributed by atoms with Crippen molar-refractivity contribution >= 4 is 22.6 Å². The quantitative estimate of drug-likeness (QED) is 0.713. The van der Waals surface area contributed by atoms with Gasteiger partial charge in [0.15, 0.2) is 5.65 Å². The van der Waals surface area contributed by atoms with Crippen LogP contribution in [0, 0.1) is 6.92 Å². The second kappa shape index (κ2) is 7.59. The first-order chi connectivity index (χ1) is 13.5. The second-order valence-electron chi connectivity index (χ2n) is 7.46. The molecule has 2 N–H and O–H groups in total. The summed E-state index contributed by atoms with van der Waals surface area (Å²) in [6.07, 6.45) is 3.53. The Hall–Kier alpha value is -2.93. The van der Waals surface area contributed by atoms with Crippen molar-refractivity contribution in [3.05, 3.63) is 57.5 Å². The fourth-order valence-corrected chi connectivity index (χ4v) is 3.86. The molecule has 0 radical (unpaired) electrons. The number of hydrogen-bond donors (Lipinski definition) is 2. The molecule has 1 aromatic carbocycles. The van der Waals surface area contributed by atoms with Crippen LogP contribution >= 0.6 is 0 Å². The number of carbonyl (C=O) groups is 1. The fourth-order valence-electron chi connectivity index (χ4n) is 3.86. The van der Waals surface area contributed by atoms with Gasteiger partial charge in [-0.05, 0) is 63.0 Å². The molecule has 4 rings (SSSR count). The number of pyridine rings is 1. The predicted octanol–water partition coefficient (Wildman–Crippen LogP) is 2.46. The van der Waals surface area contributed by atoms with E-state index in [1.54, 1.807) is 17.8 Å². The van der Waals surface area contributed by atoms with Gasteiger partial charge in [0.05, 0.1) is 10.9 Å². The third kappa shape index (κ3) is 3.71. The van der Waals surface area contributed by atoms with Crippen LogP contribution in [0.15, 0.2) is 35.1 Å². The Kier molecular flexibility index (Phi) is 5.00. The number of carbonyl (C=O) groups excluding carboxylic acids is 1. The maximum absolute atomic E-state index is 12.9. The third-order valence-electron chi connectivity index (χ3n) is 5.29. The average Bonchev–Trinajstić information content (AvgIpc) is 3.28. The lowest BCUT2D eigenvalue weighted by Crippen LogP contribution is -2.22. The molecule has 1 aliphatic heterocycles. The normalized spacial score (nSPS) is 14.6. The zero-order chi connectivity index (χ0) is 19.7. The topological polar surface area (TPSA) is 83.0 Å². The van der Waals surface area contributed by atoms with Gasteiger partial charge >= 0.3 is 0 Å². The number of fused-ring (bicyclic) bond motifs is 1. The van der Waals surface area contributed by atoms with E-state index >= 15 is 0 Å². The lowest BCUT2D eigenvalue weighted by molar-refractivity contribution is 0.102. The molecule has 7 nitrogen and oxygen atoms in total. The van der Waals surface area contributed by atoms with Crippen molar-refractivity contribution in [3.63, 3.8) is 0 Å². The van der Waals surface area contributed by atoms with Gasteiger partial charge < -0.3 is 10.2 Å². The van der Waals surface area contributed by atoms with Crippen LogP contribution in [0.4, 0.5) is 5.69 Å². The first-order valence-corrected chi connectivity index (χ1v) is 9.70. The van der Waals surface area contributed by atoms with Gasteiger partial charge in [0.1, 0.15) is 0 Å². The number of nitrogens with zero attached hydrogens (tertiary/aromatic N) is 3. The van der Waals surface area contributed by atoms with Crippen LogP contribution in [0.5, 0.6) is 0 Å². The molecule has 2 aromatic heterocycles. The summed E-state index contributed by atoms with van der Waals surface area (Å²) in [4.78, 5) is 32.0. The highest BCUT2D eigenvalue weighted by atomic mass is 16.2. The lowest BCUT2D eigenvalue weighted by atomic mass is 10.1. The SMILES string of the molecule is Cc1cc(C(=O)Nc2cccc(CCN3CCCC3)c2)c2c(=O)[nH]n(C)c2n1. The van der Waals surface area contributed by atoms with Gasteiger partial charge in [-0.3, -0.25) is 19.4 Å². The smallest absolute Gasteiger partial charge is 0.274 e.